The number of aliphatic hydroxyl groups is 1. The molecule has 1 fully saturated rings. The Labute approximate surface area is 67.7 Å². The summed E-state index contributed by atoms with van der Waals surface area (Å²) in [5, 5.41) is 12.5. The summed E-state index contributed by atoms with van der Waals surface area (Å²) < 4.78 is 5.32. The van der Waals surface area contributed by atoms with E-state index < -0.39 is 0 Å². The molecule has 1 rings (SSSR count). The van der Waals surface area contributed by atoms with Crippen LogP contribution in [0.1, 0.15) is 20.3 Å². The summed E-state index contributed by atoms with van der Waals surface area (Å²) >= 11 is 0. The van der Waals surface area contributed by atoms with Crippen LogP contribution in [0.25, 0.3) is 0 Å². The molecule has 0 saturated carbocycles. The van der Waals surface area contributed by atoms with E-state index in [0.29, 0.717) is 12.1 Å². The van der Waals surface area contributed by atoms with Gasteiger partial charge < -0.3 is 15.2 Å². The molecule has 1 aliphatic rings. The van der Waals surface area contributed by atoms with Crippen LogP contribution in [-0.4, -0.2) is 36.5 Å². The highest BCUT2D eigenvalue weighted by molar-refractivity contribution is 4.76. The second-order valence-electron chi connectivity index (χ2n) is 3.39. The van der Waals surface area contributed by atoms with Crippen LogP contribution in [0, 0.1) is 0 Å². The zero-order valence-corrected chi connectivity index (χ0v) is 7.21. The topological polar surface area (TPSA) is 41.5 Å². The molecule has 66 valence electrons. The number of hydrogen-bond acceptors (Lipinski definition) is 3. The average molecular weight is 159 g/mol. The van der Waals surface area contributed by atoms with Crippen molar-refractivity contribution >= 4 is 0 Å². The SMILES string of the molecule is CC(O)CC1COCC(C)N1. The van der Waals surface area contributed by atoms with Gasteiger partial charge in [-0.3, -0.25) is 0 Å². The van der Waals surface area contributed by atoms with Gasteiger partial charge in [0.1, 0.15) is 0 Å². The van der Waals surface area contributed by atoms with Crippen molar-refractivity contribution in [1.82, 2.24) is 5.32 Å². The molecule has 2 N–H and O–H groups in total. The Kier molecular flexibility index (Phi) is 3.30. The molecule has 1 aliphatic heterocycles. The molecule has 0 bridgehead atoms. The van der Waals surface area contributed by atoms with Gasteiger partial charge >= 0.3 is 0 Å². The Bertz CT molecular complexity index is 115. The Morgan fingerprint density at radius 1 is 1.64 bits per heavy atom. The van der Waals surface area contributed by atoms with Crippen LogP contribution in [0.15, 0.2) is 0 Å². The highest BCUT2D eigenvalue weighted by atomic mass is 16.5. The third-order valence-electron chi connectivity index (χ3n) is 1.83. The van der Waals surface area contributed by atoms with E-state index in [0.717, 1.165) is 19.6 Å². The number of rotatable bonds is 2. The van der Waals surface area contributed by atoms with Gasteiger partial charge in [0.15, 0.2) is 0 Å². The lowest BCUT2D eigenvalue weighted by molar-refractivity contribution is 0.0333. The first-order valence-corrected chi connectivity index (χ1v) is 4.20. The Hall–Kier alpha value is -0.120. The van der Waals surface area contributed by atoms with Crippen LogP contribution in [0.5, 0.6) is 0 Å². The second-order valence-corrected chi connectivity index (χ2v) is 3.39. The first-order valence-electron chi connectivity index (χ1n) is 4.20. The summed E-state index contributed by atoms with van der Waals surface area (Å²) in [4.78, 5) is 0. The predicted octanol–water partition coefficient (Wildman–Crippen LogP) is 0.134. The van der Waals surface area contributed by atoms with Crippen molar-refractivity contribution in [3.63, 3.8) is 0 Å². The van der Waals surface area contributed by atoms with Crippen molar-refractivity contribution in [2.75, 3.05) is 13.2 Å². The van der Waals surface area contributed by atoms with Crippen LogP contribution < -0.4 is 5.32 Å². The molecule has 0 spiro atoms. The van der Waals surface area contributed by atoms with E-state index in [9.17, 15) is 0 Å². The lowest BCUT2D eigenvalue weighted by atomic mass is 10.1. The van der Waals surface area contributed by atoms with Crippen LogP contribution in [-0.2, 0) is 4.74 Å². The molecule has 0 amide bonds. The first-order chi connectivity index (χ1) is 5.18. The fourth-order valence-electron chi connectivity index (χ4n) is 1.43. The third-order valence-corrected chi connectivity index (χ3v) is 1.83. The van der Waals surface area contributed by atoms with Crippen LogP contribution in [0.2, 0.25) is 0 Å². The van der Waals surface area contributed by atoms with Crippen molar-refractivity contribution in [2.24, 2.45) is 0 Å². The number of nitrogens with one attached hydrogen (secondary N) is 1. The summed E-state index contributed by atoms with van der Waals surface area (Å²) in [5.41, 5.74) is 0. The van der Waals surface area contributed by atoms with E-state index in [-0.39, 0.29) is 6.10 Å². The molecule has 0 aromatic carbocycles. The fourth-order valence-corrected chi connectivity index (χ4v) is 1.43. The lowest BCUT2D eigenvalue weighted by Crippen LogP contribution is -2.48. The highest BCUT2D eigenvalue weighted by Gasteiger charge is 2.19. The van der Waals surface area contributed by atoms with Crippen molar-refractivity contribution in [2.45, 2.75) is 38.5 Å². The monoisotopic (exact) mass is 159 g/mol. The summed E-state index contributed by atoms with van der Waals surface area (Å²) in [6.45, 7) is 5.42. The van der Waals surface area contributed by atoms with Gasteiger partial charge in [-0.15, -0.1) is 0 Å². The summed E-state index contributed by atoms with van der Waals surface area (Å²) in [6, 6.07) is 0.756. The Morgan fingerprint density at radius 2 is 2.36 bits per heavy atom. The molecule has 11 heavy (non-hydrogen) atoms. The third kappa shape index (κ3) is 3.18. The molecule has 3 unspecified atom stereocenters. The molecule has 1 heterocycles. The van der Waals surface area contributed by atoms with E-state index in [1.807, 2.05) is 0 Å². The largest absolute Gasteiger partial charge is 0.393 e. The van der Waals surface area contributed by atoms with Gasteiger partial charge in [0, 0.05) is 12.1 Å². The van der Waals surface area contributed by atoms with E-state index in [1.54, 1.807) is 6.92 Å². The molecule has 0 radical (unpaired) electrons. The van der Waals surface area contributed by atoms with Gasteiger partial charge in [-0.05, 0) is 20.3 Å². The van der Waals surface area contributed by atoms with Crippen molar-refractivity contribution in [1.29, 1.82) is 0 Å². The fraction of sp³-hybridized carbons (Fsp3) is 1.00. The minimum Gasteiger partial charge on any atom is -0.393 e. The maximum atomic E-state index is 9.10. The Balaban J connectivity index is 2.23. The molecule has 0 aliphatic carbocycles. The lowest BCUT2D eigenvalue weighted by Gasteiger charge is -2.29. The van der Waals surface area contributed by atoms with Crippen molar-refractivity contribution in [3.8, 4) is 0 Å². The molecular weight excluding hydrogens is 142 g/mol. The number of ether oxygens (including phenoxy) is 1. The molecule has 3 heteroatoms. The van der Waals surface area contributed by atoms with E-state index in [4.69, 9.17) is 9.84 Å². The number of aliphatic hydroxyl groups excluding tert-OH is 1. The van der Waals surface area contributed by atoms with Gasteiger partial charge in [-0.1, -0.05) is 0 Å². The minimum absolute atomic E-state index is 0.235. The zero-order chi connectivity index (χ0) is 8.27. The summed E-state index contributed by atoms with van der Waals surface area (Å²) in [7, 11) is 0. The van der Waals surface area contributed by atoms with Crippen LogP contribution in [0.3, 0.4) is 0 Å². The van der Waals surface area contributed by atoms with Gasteiger partial charge in [0.25, 0.3) is 0 Å². The molecule has 1 saturated heterocycles. The molecule has 0 aromatic heterocycles. The molecule has 3 atom stereocenters. The maximum Gasteiger partial charge on any atom is 0.0621 e. The van der Waals surface area contributed by atoms with Crippen molar-refractivity contribution < 1.29 is 9.84 Å². The zero-order valence-electron chi connectivity index (χ0n) is 7.21. The number of morpholine rings is 1. The predicted molar refractivity (Wildman–Crippen MR) is 43.5 cm³/mol. The minimum atomic E-state index is -0.235. The standard InChI is InChI=1S/C8H17NO2/c1-6-4-11-5-8(9-6)3-7(2)10/h6-10H,3-5H2,1-2H3. The quantitative estimate of drug-likeness (QED) is 0.602. The van der Waals surface area contributed by atoms with Gasteiger partial charge in [-0.2, -0.15) is 0 Å². The average Bonchev–Trinajstić information content (AvgIpc) is 1.85. The smallest absolute Gasteiger partial charge is 0.0621 e. The summed E-state index contributed by atoms with van der Waals surface area (Å²) in [5.74, 6) is 0. The Morgan fingerprint density at radius 3 is 2.91 bits per heavy atom. The van der Waals surface area contributed by atoms with Crippen LogP contribution >= 0.6 is 0 Å². The highest BCUT2D eigenvalue weighted by Crippen LogP contribution is 2.05. The van der Waals surface area contributed by atoms with Gasteiger partial charge in [-0.25, -0.2) is 0 Å². The second kappa shape index (κ2) is 4.04. The van der Waals surface area contributed by atoms with Gasteiger partial charge in [0.2, 0.25) is 0 Å². The van der Waals surface area contributed by atoms with E-state index in [2.05, 4.69) is 12.2 Å². The van der Waals surface area contributed by atoms with Crippen molar-refractivity contribution in [3.05, 3.63) is 0 Å². The van der Waals surface area contributed by atoms with Gasteiger partial charge in [0.05, 0.1) is 19.3 Å². The summed E-state index contributed by atoms with van der Waals surface area (Å²) in [6.07, 6.45) is 0.547. The number of hydrogen-bond donors (Lipinski definition) is 2. The first kappa shape index (κ1) is 8.97. The maximum absolute atomic E-state index is 9.10. The molecule has 3 nitrogen and oxygen atoms in total. The normalized spacial score (nSPS) is 35.2. The van der Waals surface area contributed by atoms with E-state index in [1.165, 1.54) is 0 Å². The van der Waals surface area contributed by atoms with E-state index >= 15 is 0 Å². The molecular formula is C8H17NO2. The van der Waals surface area contributed by atoms with Crippen LogP contribution in [0.4, 0.5) is 0 Å². The molecule has 0 aromatic rings.